The summed E-state index contributed by atoms with van der Waals surface area (Å²) in [5.74, 6) is -0.597. The van der Waals surface area contributed by atoms with Crippen LogP contribution in [-0.2, 0) is 0 Å². The number of aromatic nitrogens is 3. The van der Waals surface area contributed by atoms with E-state index in [1.54, 1.807) is 18.3 Å². The van der Waals surface area contributed by atoms with Crippen LogP contribution in [0, 0.1) is 0 Å². The van der Waals surface area contributed by atoms with E-state index in [1.165, 1.54) is 6.07 Å². The summed E-state index contributed by atoms with van der Waals surface area (Å²) in [4.78, 5) is 15.1. The van der Waals surface area contributed by atoms with Crippen LogP contribution in [0.25, 0.3) is 21.8 Å². The van der Waals surface area contributed by atoms with E-state index in [4.69, 9.17) is 10.8 Å². The average molecular weight is 254 g/mol. The molecule has 94 valence electrons. The molecule has 2 heterocycles. The number of carbonyl (C=O) groups is 1. The smallest absolute Gasteiger partial charge is 1.00 e. The SMILES string of the molecule is Nc1nc2ccc(C(=O)O)cc2c2[nH]ncc12.O.[H-].[Li+]. The Morgan fingerprint density at radius 3 is 2.79 bits per heavy atom. The van der Waals surface area contributed by atoms with Crippen molar-refractivity contribution in [1.29, 1.82) is 0 Å². The van der Waals surface area contributed by atoms with Gasteiger partial charge in [-0.1, -0.05) is 0 Å². The van der Waals surface area contributed by atoms with E-state index in [0.29, 0.717) is 27.6 Å². The Labute approximate surface area is 120 Å². The van der Waals surface area contributed by atoms with Crippen LogP contribution in [0.3, 0.4) is 0 Å². The maximum Gasteiger partial charge on any atom is 1.00 e. The molecular formula is C11H11LiN4O3. The summed E-state index contributed by atoms with van der Waals surface area (Å²) in [5, 5.41) is 17.0. The van der Waals surface area contributed by atoms with Gasteiger partial charge in [0.2, 0.25) is 0 Å². The summed E-state index contributed by atoms with van der Waals surface area (Å²) in [7, 11) is 0. The van der Waals surface area contributed by atoms with Crippen LogP contribution in [0.2, 0.25) is 0 Å². The number of fused-ring (bicyclic) bond motifs is 3. The Kier molecular flexibility index (Phi) is 4.16. The number of nitrogens with one attached hydrogen (secondary N) is 1. The number of nitrogens with zero attached hydrogens (tertiary/aromatic N) is 2. The van der Waals surface area contributed by atoms with Crippen molar-refractivity contribution >= 4 is 33.6 Å². The average Bonchev–Trinajstić information content (AvgIpc) is 2.78. The fourth-order valence-corrected chi connectivity index (χ4v) is 1.84. The number of pyridine rings is 1. The quantitative estimate of drug-likeness (QED) is 0.419. The number of aromatic amines is 1. The van der Waals surface area contributed by atoms with Gasteiger partial charge in [-0.3, -0.25) is 5.10 Å². The number of hydrogen-bond acceptors (Lipinski definition) is 4. The largest absolute Gasteiger partial charge is 1.00 e. The molecule has 0 spiro atoms. The number of carboxylic acid groups (broad SMARTS) is 1. The molecule has 0 aliphatic carbocycles. The Hall–Kier alpha value is -2.07. The molecule has 0 saturated heterocycles. The van der Waals surface area contributed by atoms with Gasteiger partial charge in [0.05, 0.1) is 28.2 Å². The molecule has 7 nitrogen and oxygen atoms in total. The maximum atomic E-state index is 10.9. The first kappa shape index (κ1) is 15.0. The zero-order valence-corrected chi connectivity index (χ0v) is 10.1. The number of benzene rings is 1. The van der Waals surface area contributed by atoms with E-state index in [1.807, 2.05) is 0 Å². The second kappa shape index (κ2) is 5.28. The summed E-state index contributed by atoms with van der Waals surface area (Å²) < 4.78 is 0. The Bertz CT molecular complexity index is 762. The van der Waals surface area contributed by atoms with Gasteiger partial charge < -0.3 is 17.7 Å². The van der Waals surface area contributed by atoms with Crippen LogP contribution < -0.4 is 24.6 Å². The zero-order chi connectivity index (χ0) is 12.0. The molecule has 0 amide bonds. The van der Waals surface area contributed by atoms with Gasteiger partial charge in [0, 0.05) is 5.39 Å². The summed E-state index contributed by atoms with van der Waals surface area (Å²) in [5.41, 5.74) is 7.33. The predicted octanol–water partition coefficient (Wildman–Crippen LogP) is -2.32. The minimum absolute atomic E-state index is 0. The molecule has 0 aliphatic rings. The third kappa shape index (κ3) is 2.27. The summed E-state index contributed by atoms with van der Waals surface area (Å²) >= 11 is 0. The van der Waals surface area contributed by atoms with Crippen molar-refractivity contribution in [3.05, 3.63) is 30.0 Å². The van der Waals surface area contributed by atoms with Crippen molar-refractivity contribution in [2.24, 2.45) is 0 Å². The monoisotopic (exact) mass is 254 g/mol. The number of hydrogen-bond donors (Lipinski definition) is 3. The van der Waals surface area contributed by atoms with Crippen LogP contribution in [0.4, 0.5) is 5.82 Å². The third-order valence-corrected chi connectivity index (χ3v) is 2.67. The van der Waals surface area contributed by atoms with Gasteiger partial charge in [-0.05, 0) is 18.2 Å². The molecule has 0 aliphatic heterocycles. The van der Waals surface area contributed by atoms with E-state index in [9.17, 15) is 4.79 Å². The van der Waals surface area contributed by atoms with Crippen molar-refractivity contribution < 1.29 is 35.7 Å². The van der Waals surface area contributed by atoms with Crippen molar-refractivity contribution in [3.8, 4) is 0 Å². The third-order valence-electron chi connectivity index (χ3n) is 2.67. The zero-order valence-electron chi connectivity index (χ0n) is 11.1. The van der Waals surface area contributed by atoms with E-state index < -0.39 is 5.97 Å². The number of aromatic carboxylic acids is 1. The van der Waals surface area contributed by atoms with Crippen molar-refractivity contribution in [3.63, 3.8) is 0 Å². The molecule has 6 N–H and O–H groups in total. The molecule has 2 aromatic heterocycles. The Balaban J connectivity index is 0.00000120. The molecular weight excluding hydrogens is 243 g/mol. The standard InChI is InChI=1S/C11H8N4O2.Li.H2O.H/c12-10-7-4-13-15-9(7)6-3-5(11(16)17)1-2-8(6)14-10;;;/h1-4H,(H2,12,14)(H,13,15)(H,16,17);;1H2;/q;+1;;-1. The molecule has 19 heavy (non-hydrogen) atoms. The normalized spacial score (nSPS) is 9.89. The topological polar surface area (TPSA) is 136 Å². The van der Waals surface area contributed by atoms with E-state index in [2.05, 4.69) is 15.2 Å². The predicted molar refractivity (Wildman–Crippen MR) is 67.5 cm³/mol. The van der Waals surface area contributed by atoms with Crippen LogP contribution in [0.5, 0.6) is 0 Å². The minimum atomic E-state index is -0.976. The van der Waals surface area contributed by atoms with E-state index in [0.717, 1.165) is 0 Å². The van der Waals surface area contributed by atoms with Crippen molar-refractivity contribution in [2.75, 3.05) is 5.73 Å². The summed E-state index contributed by atoms with van der Waals surface area (Å²) in [6.45, 7) is 0. The number of rotatable bonds is 1. The van der Waals surface area contributed by atoms with Gasteiger partial charge >= 0.3 is 24.8 Å². The van der Waals surface area contributed by atoms with Crippen LogP contribution >= 0.6 is 0 Å². The molecule has 0 radical (unpaired) electrons. The van der Waals surface area contributed by atoms with Gasteiger partial charge in [0.1, 0.15) is 5.82 Å². The minimum Gasteiger partial charge on any atom is -1.00 e. The number of carboxylic acids is 1. The Morgan fingerprint density at radius 2 is 2.11 bits per heavy atom. The molecule has 3 rings (SSSR count). The van der Waals surface area contributed by atoms with E-state index >= 15 is 0 Å². The molecule has 3 aromatic rings. The molecule has 0 saturated carbocycles. The fraction of sp³-hybridized carbons (Fsp3) is 0. The van der Waals surface area contributed by atoms with Gasteiger partial charge in [0.25, 0.3) is 0 Å². The van der Waals surface area contributed by atoms with Crippen LogP contribution in [-0.4, -0.2) is 31.7 Å². The molecule has 0 fully saturated rings. The molecule has 1 aromatic carbocycles. The van der Waals surface area contributed by atoms with Gasteiger partial charge in [-0.15, -0.1) is 0 Å². The number of nitrogen functional groups attached to an aromatic ring is 1. The summed E-state index contributed by atoms with van der Waals surface area (Å²) in [6, 6.07) is 4.69. The van der Waals surface area contributed by atoms with Gasteiger partial charge in [-0.2, -0.15) is 5.10 Å². The second-order valence-corrected chi connectivity index (χ2v) is 3.69. The summed E-state index contributed by atoms with van der Waals surface area (Å²) in [6.07, 6.45) is 1.57. The Morgan fingerprint density at radius 1 is 1.37 bits per heavy atom. The number of nitrogens with two attached hydrogens (primary N) is 1. The fourth-order valence-electron chi connectivity index (χ4n) is 1.84. The van der Waals surface area contributed by atoms with Crippen molar-refractivity contribution in [1.82, 2.24) is 15.2 Å². The molecule has 0 unspecified atom stereocenters. The number of H-pyrrole nitrogens is 1. The van der Waals surface area contributed by atoms with Gasteiger partial charge in [-0.25, -0.2) is 9.78 Å². The molecule has 0 atom stereocenters. The second-order valence-electron chi connectivity index (χ2n) is 3.69. The van der Waals surface area contributed by atoms with Crippen molar-refractivity contribution in [2.45, 2.75) is 0 Å². The van der Waals surface area contributed by atoms with Crippen LogP contribution in [0.15, 0.2) is 24.4 Å². The first-order valence-corrected chi connectivity index (χ1v) is 4.92. The van der Waals surface area contributed by atoms with Gasteiger partial charge in [0.15, 0.2) is 0 Å². The first-order chi connectivity index (χ1) is 8.16. The maximum absolute atomic E-state index is 10.9. The number of anilines is 1. The molecule has 8 heteroatoms. The van der Waals surface area contributed by atoms with E-state index in [-0.39, 0.29) is 31.3 Å². The van der Waals surface area contributed by atoms with Crippen LogP contribution in [0.1, 0.15) is 11.8 Å². The molecule has 0 bridgehead atoms. The first-order valence-electron chi connectivity index (χ1n) is 4.92.